The maximum Gasteiger partial charge on any atom is 0.331 e. The average molecular weight is 491 g/mol. The Morgan fingerprint density at radius 1 is 1.14 bits per heavy atom. The molecule has 8 heteroatoms. The molecule has 36 heavy (non-hydrogen) atoms. The number of ether oxygens (including phenoxy) is 1. The third kappa shape index (κ3) is 6.22. The van der Waals surface area contributed by atoms with E-state index in [1.807, 2.05) is 43.0 Å². The number of rotatable bonds is 7. The highest BCUT2D eigenvalue weighted by Crippen LogP contribution is 2.29. The molecule has 3 rings (SSSR count). The summed E-state index contributed by atoms with van der Waals surface area (Å²) in [5.74, 6) is -0.236. The fourth-order valence-electron chi connectivity index (χ4n) is 4.66. The molecule has 1 aliphatic rings. The summed E-state index contributed by atoms with van der Waals surface area (Å²) in [6, 6.07) is 14.5. The number of nitrogens with zero attached hydrogens (tertiary/aromatic N) is 2. The molecule has 8 nitrogen and oxygen atoms in total. The summed E-state index contributed by atoms with van der Waals surface area (Å²) in [6.45, 7) is 6.67. The Morgan fingerprint density at radius 2 is 1.81 bits per heavy atom. The van der Waals surface area contributed by atoms with Crippen molar-refractivity contribution in [3.05, 3.63) is 64.7 Å². The van der Waals surface area contributed by atoms with Gasteiger partial charge >= 0.3 is 12.0 Å². The third-order valence-corrected chi connectivity index (χ3v) is 6.80. The van der Waals surface area contributed by atoms with E-state index in [0.29, 0.717) is 48.7 Å². The van der Waals surface area contributed by atoms with Crippen molar-refractivity contribution in [3.63, 3.8) is 0 Å². The maximum atomic E-state index is 13.2. The van der Waals surface area contributed by atoms with Crippen LogP contribution in [-0.4, -0.2) is 48.5 Å². The van der Waals surface area contributed by atoms with Gasteiger partial charge in [-0.1, -0.05) is 31.5 Å². The van der Waals surface area contributed by atoms with E-state index in [9.17, 15) is 14.4 Å². The molecule has 1 atom stereocenters. The zero-order valence-electron chi connectivity index (χ0n) is 21.4. The van der Waals surface area contributed by atoms with Crippen molar-refractivity contribution in [2.24, 2.45) is 0 Å². The van der Waals surface area contributed by atoms with Gasteiger partial charge in [0.1, 0.15) is 5.54 Å². The Morgan fingerprint density at radius 3 is 2.39 bits per heavy atom. The van der Waals surface area contributed by atoms with Crippen LogP contribution in [0.15, 0.2) is 42.5 Å². The lowest BCUT2D eigenvalue weighted by Crippen LogP contribution is -2.54. The summed E-state index contributed by atoms with van der Waals surface area (Å²) in [5, 5.41) is 14.5. The smallest absolute Gasteiger partial charge is 0.331 e. The molecule has 0 spiro atoms. The number of carbonyl (C=O) groups is 3. The van der Waals surface area contributed by atoms with Crippen molar-refractivity contribution < 1.29 is 19.1 Å². The minimum atomic E-state index is -1.14. The van der Waals surface area contributed by atoms with Crippen LogP contribution in [0.25, 0.3) is 0 Å². The second-order valence-corrected chi connectivity index (χ2v) is 9.48. The molecule has 3 amide bonds. The van der Waals surface area contributed by atoms with Crippen molar-refractivity contribution >= 4 is 23.6 Å². The van der Waals surface area contributed by atoms with E-state index in [1.54, 1.807) is 25.1 Å². The van der Waals surface area contributed by atoms with Gasteiger partial charge in [0.25, 0.3) is 5.91 Å². The summed E-state index contributed by atoms with van der Waals surface area (Å²) in [7, 11) is 1.29. The number of piperidine rings is 1. The normalized spacial score (nSPS) is 15.4. The zero-order chi connectivity index (χ0) is 26.3. The van der Waals surface area contributed by atoms with Crippen molar-refractivity contribution in [3.8, 4) is 6.07 Å². The highest BCUT2D eigenvalue weighted by molar-refractivity contribution is 5.98. The zero-order valence-corrected chi connectivity index (χ0v) is 21.4. The van der Waals surface area contributed by atoms with E-state index in [-0.39, 0.29) is 5.91 Å². The van der Waals surface area contributed by atoms with E-state index >= 15 is 0 Å². The standard InChI is InChI=1S/C28H34N4O4/c1-5-14-28(3,26(34)36-4)31-27(35)30-24-17-23(9-6-19(24)2)25(33)32-15-12-22(13-16-32)21-10-7-20(18-29)8-11-21/h6-11,17,22H,5,12-16H2,1-4H3,(H2,30,31,35). The van der Waals surface area contributed by atoms with Crippen LogP contribution in [0.2, 0.25) is 0 Å². The number of carbonyl (C=O) groups excluding carboxylic acids is 3. The van der Waals surface area contributed by atoms with Crippen LogP contribution in [0.4, 0.5) is 10.5 Å². The third-order valence-electron chi connectivity index (χ3n) is 6.80. The van der Waals surface area contributed by atoms with Gasteiger partial charge < -0.3 is 20.3 Å². The van der Waals surface area contributed by atoms with Gasteiger partial charge in [-0.3, -0.25) is 4.79 Å². The predicted molar refractivity (Wildman–Crippen MR) is 138 cm³/mol. The quantitative estimate of drug-likeness (QED) is 0.545. The highest BCUT2D eigenvalue weighted by atomic mass is 16.5. The number of esters is 1. The van der Waals surface area contributed by atoms with Gasteiger partial charge in [0.2, 0.25) is 0 Å². The molecule has 1 aliphatic heterocycles. The lowest BCUT2D eigenvalue weighted by atomic mass is 9.89. The number of nitriles is 1. The van der Waals surface area contributed by atoms with Crippen LogP contribution < -0.4 is 10.6 Å². The number of nitrogens with one attached hydrogen (secondary N) is 2. The number of methoxy groups -OCH3 is 1. The average Bonchev–Trinajstić information content (AvgIpc) is 2.89. The molecule has 1 heterocycles. The molecular formula is C28H34N4O4. The maximum absolute atomic E-state index is 13.2. The first-order valence-electron chi connectivity index (χ1n) is 12.3. The molecule has 1 unspecified atom stereocenters. The second-order valence-electron chi connectivity index (χ2n) is 9.48. The first-order chi connectivity index (χ1) is 17.2. The van der Waals surface area contributed by atoms with Crippen LogP contribution in [0, 0.1) is 18.3 Å². The molecular weight excluding hydrogens is 456 g/mol. The van der Waals surface area contributed by atoms with Gasteiger partial charge in [0.05, 0.1) is 18.7 Å². The molecule has 2 aromatic carbocycles. The van der Waals surface area contributed by atoms with Gasteiger partial charge in [-0.25, -0.2) is 9.59 Å². The van der Waals surface area contributed by atoms with Gasteiger partial charge in [-0.2, -0.15) is 5.26 Å². The first-order valence-corrected chi connectivity index (χ1v) is 12.3. The van der Waals surface area contributed by atoms with Crippen molar-refractivity contribution in [2.75, 3.05) is 25.5 Å². The number of likely N-dealkylation sites (tertiary alicyclic amines) is 1. The highest BCUT2D eigenvalue weighted by Gasteiger charge is 2.35. The number of hydrogen-bond acceptors (Lipinski definition) is 5. The number of benzene rings is 2. The Labute approximate surface area is 212 Å². The van der Waals surface area contributed by atoms with E-state index < -0.39 is 17.5 Å². The molecule has 0 saturated carbocycles. The SMILES string of the molecule is CCCC(C)(NC(=O)Nc1cc(C(=O)N2CCC(c3ccc(C#N)cc3)CC2)ccc1C)C(=O)OC. The number of urea groups is 1. The van der Waals surface area contributed by atoms with Crippen molar-refractivity contribution in [2.45, 2.75) is 57.9 Å². The fourth-order valence-corrected chi connectivity index (χ4v) is 4.66. The molecule has 2 N–H and O–H groups in total. The molecule has 0 bridgehead atoms. The number of hydrogen-bond donors (Lipinski definition) is 2. The van der Waals surface area contributed by atoms with E-state index in [2.05, 4.69) is 16.7 Å². The van der Waals surface area contributed by atoms with Crippen LogP contribution >= 0.6 is 0 Å². The lowest BCUT2D eigenvalue weighted by molar-refractivity contribution is -0.147. The summed E-state index contributed by atoms with van der Waals surface area (Å²) in [6.07, 6.45) is 2.82. The molecule has 2 aromatic rings. The Kier molecular flexibility index (Phi) is 8.70. The van der Waals surface area contributed by atoms with Gasteiger partial charge in [0, 0.05) is 24.3 Å². The molecule has 0 aliphatic carbocycles. The first kappa shape index (κ1) is 26.7. The van der Waals surface area contributed by atoms with Crippen molar-refractivity contribution in [1.82, 2.24) is 10.2 Å². The van der Waals surface area contributed by atoms with Crippen LogP contribution in [0.5, 0.6) is 0 Å². The van der Waals surface area contributed by atoms with Gasteiger partial charge in [0.15, 0.2) is 0 Å². The lowest BCUT2D eigenvalue weighted by Gasteiger charge is -2.32. The summed E-state index contributed by atoms with van der Waals surface area (Å²) >= 11 is 0. The molecule has 0 aromatic heterocycles. The molecule has 1 fully saturated rings. The predicted octanol–water partition coefficient (Wildman–Crippen LogP) is 4.74. The van der Waals surface area contributed by atoms with E-state index in [4.69, 9.17) is 10.00 Å². The minimum absolute atomic E-state index is 0.0814. The number of amides is 3. The van der Waals surface area contributed by atoms with Crippen molar-refractivity contribution in [1.29, 1.82) is 5.26 Å². The number of aryl methyl sites for hydroxylation is 1. The largest absolute Gasteiger partial charge is 0.467 e. The second kappa shape index (κ2) is 11.7. The fraction of sp³-hybridized carbons (Fsp3) is 0.429. The van der Waals surface area contributed by atoms with Crippen LogP contribution in [-0.2, 0) is 9.53 Å². The van der Waals surface area contributed by atoms with Crippen LogP contribution in [0.3, 0.4) is 0 Å². The van der Waals surface area contributed by atoms with Gasteiger partial charge in [-0.15, -0.1) is 0 Å². The monoisotopic (exact) mass is 490 g/mol. The summed E-state index contributed by atoms with van der Waals surface area (Å²) < 4.78 is 4.86. The Bertz CT molecular complexity index is 1150. The minimum Gasteiger partial charge on any atom is -0.467 e. The summed E-state index contributed by atoms with van der Waals surface area (Å²) in [5.41, 5.74) is 2.50. The van der Waals surface area contributed by atoms with Gasteiger partial charge in [-0.05, 0) is 74.4 Å². The Hall–Kier alpha value is -3.86. The summed E-state index contributed by atoms with van der Waals surface area (Å²) in [4.78, 5) is 40.0. The number of anilines is 1. The molecule has 190 valence electrons. The van der Waals surface area contributed by atoms with Crippen LogP contribution in [0.1, 0.15) is 72.5 Å². The van der Waals surface area contributed by atoms with E-state index in [1.165, 1.54) is 12.7 Å². The topological polar surface area (TPSA) is 112 Å². The molecule has 1 saturated heterocycles. The Balaban J connectivity index is 1.65. The molecule has 0 radical (unpaired) electrons. The van der Waals surface area contributed by atoms with E-state index in [0.717, 1.165) is 18.4 Å².